The highest BCUT2D eigenvalue weighted by Crippen LogP contribution is 2.30. The predicted octanol–water partition coefficient (Wildman–Crippen LogP) is 0.538. The van der Waals surface area contributed by atoms with Gasteiger partial charge < -0.3 is 15.7 Å². The standard InChI is InChI=1S/C11H20N4OS/c1-9-10(12)13-17-11(9)15-4-2-3-14(5-6-15)7-8-16/h16H,2-8H2,1H3,(H2,12,13). The Bertz CT molecular complexity index is 368. The van der Waals surface area contributed by atoms with Crippen molar-refractivity contribution in [3.63, 3.8) is 0 Å². The average molecular weight is 256 g/mol. The Kier molecular flexibility index (Phi) is 4.20. The molecule has 1 saturated heterocycles. The first-order valence-corrected chi connectivity index (χ1v) is 6.79. The molecule has 0 aliphatic carbocycles. The summed E-state index contributed by atoms with van der Waals surface area (Å²) in [6.07, 6.45) is 1.12. The zero-order valence-corrected chi connectivity index (χ0v) is 11.0. The lowest BCUT2D eigenvalue weighted by molar-refractivity contribution is 0.204. The molecule has 0 saturated carbocycles. The number of hydrogen-bond donors (Lipinski definition) is 2. The number of β-amino-alcohol motifs (C(OH)–C–C–N with tert-alkyl or cyclic N) is 1. The van der Waals surface area contributed by atoms with Gasteiger partial charge in [-0.15, -0.1) is 0 Å². The van der Waals surface area contributed by atoms with E-state index in [4.69, 9.17) is 10.8 Å². The fraction of sp³-hybridized carbons (Fsp3) is 0.727. The highest BCUT2D eigenvalue weighted by atomic mass is 32.1. The Morgan fingerprint density at radius 2 is 2.18 bits per heavy atom. The van der Waals surface area contributed by atoms with Gasteiger partial charge in [-0.05, 0) is 31.4 Å². The molecule has 0 radical (unpaired) electrons. The van der Waals surface area contributed by atoms with E-state index < -0.39 is 0 Å². The molecule has 0 unspecified atom stereocenters. The van der Waals surface area contributed by atoms with Gasteiger partial charge in [-0.3, -0.25) is 4.90 Å². The number of aromatic nitrogens is 1. The van der Waals surface area contributed by atoms with Crippen LogP contribution in [0.3, 0.4) is 0 Å². The molecule has 1 aromatic rings. The van der Waals surface area contributed by atoms with Crippen LogP contribution in [0.5, 0.6) is 0 Å². The molecule has 0 amide bonds. The van der Waals surface area contributed by atoms with Crippen LogP contribution in [0.1, 0.15) is 12.0 Å². The average Bonchev–Trinajstić information content (AvgIpc) is 2.55. The molecule has 0 aromatic carbocycles. The smallest absolute Gasteiger partial charge is 0.142 e. The summed E-state index contributed by atoms with van der Waals surface area (Å²) in [5.74, 6) is 0.654. The molecule has 2 heterocycles. The third kappa shape index (κ3) is 2.88. The van der Waals surface area contributed by atoms with Crippen molar-refractivity contribution in [3.05, 3.63) is 5.56 Å². The molecule has 1 aliphatic rings. The minimum Gasteiger partial charge on any atom is -0.395 e. The van der Waals surface area contributed by atoms with Gasteiger partial charge in [0, 0.05) is 31.7 Å². The molecule has 1 aliphatic heterocycles. The lowest BCUT2D eigenvalue weighted by Crippen LogP contribution is -2.32. The Morgan fingerprint density at radius 1 is 1.35 bits per heavy atom. The van der Waals surface area contributed by atoms with Crippen LogP contribution in [-0.2, 0) is 0 Å². The minimum atomic E-state index is 0.243. The number of aliphatic hydroxyl groups excluding tert-OH is 1. The summed E-state index contributed by atoms with van der Waals surface area (Å²) in [5, 5.41) is 10.2. The summed E-state index contributed by atoms with van der Waals surface area (Å²) < 4.78 is 4.20. The Hall–Kier alpha value is -0.850. The van der Waals surface area contributed by atoms with Crippen LogP contribution in [0, 0.1) is 6.92 Å². The van der Waals surface area contributed by atoms with Gasteiger partial charge in [0.25, 0.3) is 0 Å². The molecule has 0 bridgehead atoms. The molecule has 17 heavy (non-hydrogen) atoms. The van der Waals surface area contributed by atoms with Gasteiger partial charge in [-0.1, -0.05) is 0 Å². The lowest BCUT2D eigenvalue weighted by atomic mass is 10.3. The van der Waals surface area contributed by atoms with Gasteiger partial charge in [-0.2, -0.15) is 4.37 Å². The molecule has 1 aromatic heterocycles. The second-order valence-corrected chi connectivity index (χ2v) is 5.16. The maximum absolute atomic E-state index is 8.96. The molecule has 5 nitrogen and oxygen atoms in total. The van der Waals surface area contributed by atoms with E-state index >= 15 is 0 Å². The van der Waals surface area contributed by atoms with Crippen molar-refractivity contribution in [1.82, 2.24) is 9.27 Å². The molecule has 2 rings (SSSR count). The van der Waals surface area contributed by atoms with Crippen molar-refractivity contribution >= 4 is 22.4 Å². The predicted molar refractivity (Wildman–Crippen MR) is 71.6 cm³/mol. The van der Waals surface area contributed by atoms with Crippen molar-refractivity contribution in [2.45, 2.75) is 13.3 Å². The van der Waals surface area contributed by atoms with Crippen LogP contribution >= 0.6 is 11.5 Å². The molecule has 0 atom stereocenters. The van der Waals surface area contributed by atoms with E-state index in [0.717, 1.165) is 44.7 Å². The van der Waals surface area contributed by atoms with Crippen molar-refractivity contribution in [2.75, 3.05) is 50.0 Å². The van der Waals surface area contributed by atoms with E-state index in [1.54, 1.807) is 0 Å². The van der Waals surface area contributed by atoms with E-state index in [0.29, 0.717) is 5.82 Å². The Balaban J connectivity index is 2.01. The third-order valence-electron chi connectivity index (χ3n) is 3.23. The summed E-state index contributed by atoms with van der Waals surface area (Å²) >= 11 is 1.49. The van der Waals surface area contributed by atoms with Gasteiger partial charge in [0.2, 0.25) is 0 Å². The van der Waals surface area contributed by atoms with Crippen LogP contribution in [0.15, 0.2) is 0 Å². The maximum atomic E-state index is 8.96. The number of nitrogens with two attached hydrogens (primary N) is 1. The SMILES string of the molecule is Cc1c(N)nsc1N1CCCN(CCO)CC1. The Labute approximate surface area is 106 Å². The summed E-state index contributed by atoms with van der Waals surface area (Å²) in [7, 11) is 0. The van der Waals surface area contributed by atoms with Crippen LogP contribution in [-0.4, -0.2) is 53.7 Å². The zero-order valence-electron chi connectivity index (χ0n) is 10.2. The molecule has 96 valence electrons. The Morgan fingerprint density at radius 3 is 2.82 bits per heavy atom. The van der Waals surface area contributed by atoms with Gasteiger partial charge in [0.15, 0.2) is 0 Å². The van der Waals surface area contributed by atoms with Crippen LogP contribution in [0.2, 0.25) is 0 Å². The van der Waals surface area contributed by atoms with Crippen LogP contribution < -0.4 is 10.6 Å². The van der Waals surface area contributed by atoms with Gasteiger partial charge in [0.1, 0.15) is 10.8 Å². The van der Waals surface area contributed by atoms with E-state index in [1.807, 2.05) is 6.92 Å². The number of aliphatic hydroxyl groups is 1. The fourth-order valence-corrected chi connectivity index (χ4v) is 3.03. The van der Waals surface area contributed by atoms with E-state index in [1.165, 1.54) is 16.5 Å². The largest absolute Gasteiger partial charge is 0.395 e. The van der Waals surface area contributed by atoms with Crippen LogP contribution in [0.25, 0.3) is 0 Å². The number of rotatable bonds is 3. The summed E-state index contributed by atoms with van der Waals surface area (Å²) in [6.45, 7) is 7.14. The van der Waals surface area contributed by atoms with Crippen molar-refractivity contribution in [1.29, 1.82) is 0 Å². The molecule has 6 heteroatoms. The summed E-state index contributed by atoms with van der Waals surface area (Å²) in [5.41, 5.74) is 6.89. The van der Waals surface area contributed by atoms with Crippen LogP contribution in [0.4, 0.5) is 10.8 Å². The van der Waals surface area contributed by atoms with Gasteiger partial charge in [0.05, 0.1) is 6.61 Å². The third-order valence-corrected chi connectivity index (χ3v) is 4.25. The topological polar surface area (TPSA) is 65.6 Å². The quantitative estimate of drug-likeness (QED) is 0.826. The minimum absolute atomic E-state index is 0.243. The van der Waals surface area contributed by atoms with E-state index in [-0.39, 0.29) is 6.61 Å². The summed E-state index contributed by atoms with van der Waals surface area (Å²) in [6, 6.07) is 0. The number of anilines is 2. The second-order valence-electron chi connectivity index (χ2n) is 4.40. The number of nitrogens with zero attached hydrogens (tertiary/aromatic N) is 3. The normalized spacial score (nSPS) is 18.4. The molecule has 3 N–H and O–H groups in total. The van der Waals surface area contributed by atoms with Gasteiger partial charge in [-0.25, -0.2) is 0 Å². The fourth-order valence-electron chi connectivity index (χ4n) is 2.17. The molecule has 0 spiro atoms. The highest BCUT2D eigenvalue weighted by molar-refractivity contribution is 7.10. The monoisotopic (exact) mass is 256 g/mol. The second kappa shape index (κ2) is 5.66. The first-order valence-electron chi connectivity index (χ1n) is 6.02. The van der Waals surface area contributed by atoms with E-state index in [2.05, 4.69) is 14.2 Å². The van der Waals surface area contributed by atoms with Gasteiger partial charge >= 0.3 is 0 Å². The number of nitrogen functional groups attached to an aromatic ring is 1. The molecular weight excluding hydrogens is 236 g/mol. The first-order chi connectivity index (χ1) is 8.22. The maximum Gasteiger partial charge on any atom is 0.142 e. The van der Waals surface area contributed by atoms with Crippen molar-refractivity contribution < 1.29 is 5.11 Å². The molecule has 1 fully saturated rings. The van der Waals surface area contributed by atoms with Crippen molar-refractivity contribution in [2.24, 2.45) is 0 Å². The van der Waals surface area contributed by atoms with E-state index in [9.17, 15) is 0 Å². The molecular formula is C11H20N4OS. The first kappa shape index (κ1) is 12.6. The number of hydrogen-bond acceptors (Lipinski definition) is 6. The zero-order chi connectivity index (χ0) is 12.3. The highest BCUT2D eigenvalue weighted by Gasteiger charge is 2.18. The van der Waals surface area contributed by atoms with Crippen molar-refractivity contribution in [3.8, 4) is 0 Å². The summed E-state index contributed by atoms with van der Waals surface area (Å²) in [4.78, 5) is 4.67. The lowest BCUT2D eigenvalue weighted by Gasteiger charge is -2.22.